The first kappa shape index (κ1) is 14.8. The lowest BCUT2D eigenvalue weighted by molar-refractivity contribution is 0.0854. The Kier molecular flexibility index (Phi) is 3.44. The standard InChI is InChI=1S/C23H21NO/c25-23(19-10-4-8-16-9-5-13-24-22(16)19)21-18-12-11-17(14-18)20(21)15-6-2-1-3-7-15/h1-10,13,17-18,20-21H,11-12,14H2/t17-,18+,20+,21+/m0/s1. The van der Waals surface area contributed by atoms with Crippen LogP contribution in [0.25, 0.3) is 10.9 Å². The van der Waals surface area contributed by atoms with Crippen molar-refractivity contribution in [3.8, 4) is 0 Å². The molecule has 0 amide bonds. The summed E-state index contributed by atoms with van der Waals surface area (Å²) >= 11 is 0. The lowest BCUT2D eigenvalue weighted by atomic mass is 9.72. The lowest BCUT2D eigenvalue weighted by Gasteiger charge is -2.30. The number of hydrogen-bond acceptors (Lipinski definition) is 2. The molecule has 5 rings (SSSR count). The molecule has 2 aromatic carbocycles. The number of fused-ring (bicyclic) bond motifs is 3. The third kappa shape index (κ3) is 2.31. The number of para-hydroxylation sites is 1. The molecule has 2 aliphatic rings. The number of carbonyl (C=O) groups excluding carboxylic acids is 1. The van der Waals surface area contributed by atoms with Crippen LogP contribution in [0.15, 0.2) is 66.9 Å². The molecule has 2 saturated carbocycles. The molecule has 4 atom stereocenters. The van der Waals surface area contributed by atoms with Gasteiger partial charge in [0.2, 0.25) is 0 Å². The van der Waals surface area contributed by atoms with Crippen LogP contribution >= 0.6 is 0 Å². The molecule has 0 N–H and O–H groups in total. The predicted octanol–water partition coefficient (Wildman–Crippen LogP) is 5.25. The van der Waals surface area contributed by atoms with Gasteiger partial charge in [0.1, 0.15) is 0 Å². The number of hydrogen-bond donors (Lipinski definition) is 0. The maximum Gasteiger partial charge on any atom is 0.169 e. The highest BCUT2D eigenvalue weighted by Gasteiger charge is 2.51. The average Bonchev–Trinajstić information content (AvgIpc) is 3.29. The molecule has 124 valence electrons. The van der Waals surface area contributed by atoms with Crippen LogP contribution in [0.2, 0.25) is 0 Å². The summed E-state index contributed by atoms with van der Waals surface area (Å²) < 4.78 is 0. The van der Waals surface area contributed by atoms with Crippen molar-refractivity contribution >= 4 is 16.7 Å². The van der Waals surface area contributed by atoms with Crippen LogP contribution in [0.5, 0.6) is 0 Å². The number of Topliss-reactive ketones (excluding diaryl/α,β-unsaturated/α-hetero) is 1. The van der Waals surface area contributed by atoms with Crippen molar-refractivity contribution in [2.24, 2.45) is 17.8 Å². The van der Waals surface area contributed by atoms with Crippen molar-refractivity contribution in [2.45, 2.75) is 25.2 Å². The van der Waals surface area contributed by atoms with Gasteiger partial charge in [0, 0.05) is 23.1 Å². The minimum absolute atomic E-state index is 0.105. The van der Waals surface area contributed by atoms with Gasteiger partial charge in [0.05, 0.1) is 5.52 Å². The molecule has 25 heavy (non-hydrogen) atoms. The maximum atomic E-state index is 13.6. The molecule has 1 aromatic heterocycles. The van der Waals surface area contributed by atoms with Crippen LogP contribution in [-0.4, -0.2) is 10.8 Å². The van der Waals surface area contributed by atoms with Gasteiger partial charge in [0.15, 0.2) is 5.78 Å². The van der Waals surface area contributed by atoms with E-state index in [0.717, 1.165) is 16.5 Å². The average molecular weight is 327 g/mol. The van der Waals surface area contributed by atoms with Crippen LogP contribution in [0.1, 0.15) is 41.1 Å². The van der Waals surface area contributed by atoms with E-state index in [-0.39, 0.29) is 5.92 Å². The summed E-state index contributed by atoms with van der Waals surface area (Å²) in [5, 5.41) is 1.05. The van der Waals surface area contributed by atoms with Crippen molar-refractivity contribution in [3.63, 3.8) is 0 Å². The van der Waals surface area contributed by atoms with Crippen LogP contribution in [0.3, 0.4) is 0 Å². The summed E-state index contributed by atoms with van der Waals surface area (Å²) in [5.41, 5.74) is 2.99. The Morgan fingerprint density at radius 2 is 1.68 bits per heavy atom. The molecule has 2 heteroatoms. The first-order chi connectivity index (χ1) is 12.3. The van der Waals surface area contributed by atoms with E-state index in [0.29, 0.717) is 23.5 Å². The van der Waals surface area contributed by atoms with E-state index in [2.05, 4.69) is 35.3 Å². The normalized spacial score (nSPS) is 27.7. The van der Waals surface area contributed by atoms with Crippen LogP contribution in [0.4, 0.5) is 0 Å². The van der Waals surface area contributed by atoms with Gasteiger partial charge in [-0.2, -0.15) is 0 Å². The summed E-state index contributed by atoms with van der Waals surface area (Å²) in [4.78, 5) is 18.1. The van der Waals surface area contributed by atoms with Crippen LogP contribution in [-0.2, 0) is 0 Å². The number of pyridine rings is 1. The minimum Gasteiger partial charge on any atom is -0.294 e. The Morgan fingerprint density at radius 1 is 0.880 bits per heavy atom. The molecule has 0 saturated heterocycles. The van der Waals surface area contributed by atoms with Crippen molar-refractivity contribution in [1.82, 2.24) is 4.98 Å². The predicted molar refractivity (Wildman–Crippen MR) is 99.6 cm³/mol. The van der Waals surface area contributed by atoms with Crippen LogP contribution < -0.4 is 0 Å². The second kappa shape index (κ2) is 5.80. The van der Waals surface area contributed by atoms with Gasteiger partial charge < -0.3 is 0 Å². The van der Waals surface area contributed by atoms with Gasteiger partial charge in [-0.15, -0.1) is 0 Å². The lowest BCUT2D eigenvalue weighted by Crippen LogP contribution is -2.28. The van der Waals surface area contributed by atoms with Gasteiger partial charge in [-0.3, -0.25) is 9.78 Å². The molecule has 0 radical (unpaired) electrons. The summed E-state index contributed by atoms with van der Waals surface area (Å²) in [6.07, 6.45) is 5.45. The molecule has 0 unspecified atom stereocenters. The number of rotatable bonds is 3. The summed E-state index contributed by atoms with van der Waals surface area (Å²) in [6, 6.07) is 20.6. The van der Waals surface area contributed by atoms with E-state index < -0.39 is 0 Å². The topological polar surface area (TPSA) is 30.0 Å². The smallest absolute Gasteiger partial charge is 0.169 e. The zero-order chi connectivity index (χ0) is 16.8. The number of carbonyl (C=O) groups is 1. The number of aromatic nitrogens is 1. The highest BCUT2D eigenvalue weighted by molar-refractivity contribution is 6.08. The van der Waals surface area contributed by atoms with E-state index in [9.17, 15) is 4.79 Å². The Balaban J connectivity index is 1.60. The van der Waals surface area contributed by atoms with E-state index in [1.807, 2.05) is 30.3 Å². The highest BCUT2D eigenvalue weighted by Crippen LogP contribution is 2.57. The van der Waals surface area contributed by atoms with Crippen molar-refractivity contribution in [1.29, 1.82) is 0 Å². The molecule has 2 bridgehead atoms. The van der Waals surface area contributed by atoms with E-state index in [1.54, 1.807) is 6.20 Å². The molecular formula is C23H21NO. The summed E-state index contributed by atoms with van der Waals surface area (Å²) in [6.45, 7) is 0. The number of benzene rings is 2. The minimum atomic E-state index is 0.105. The van der Waals surface area contributed by atoms with Gasteiger partial charge in [-0.1, -0.05) is 48.5 Å². The van der Waals surface area contributed by atoms with Gasteiger partial charge >= 0.3 is 0 Å². The Bertz CT molecular complexity index is 928. The van der Waals surface area contributed by atoms with Gasteiger partial charge in [-0.05, 0) is 54.7 Å². The third-order valence-electron chi connectivity index (χ3n) is 6.30. The monoisotopic (exact) mass is 327 g/mol. The fourth-order valence-electron chi connectivity index (χ4n) is 5.31. The van der Waals surface area contributed by atoms with Gasteiger partial charge in [-0.25, -0.2) is 0 Å². The van der Waals surface area contributed by atoms with Crippen molar-refractivity contribution in [2.75, 3.05) is 0 Å². The molecular weight excluding hydrogens is 306 g/mol. The highest BCUT2D eigenvalue weighted by atomic mass is 16.1. The zero-order valence-corrected chi connectivity index (χ0v) is 14.1. The van der Waals surface area contributed by atoms with E-state index in [4.69, 9.17) is 0 Å². The van der Waals surface area contributed by atoms with Crippen LogP contribution in [0, 0.1) is 17.8 Å². The largest absolute Gasteiger partial charge is 0.294 e. The molecule has 2 aliphatic carbocycles. The molecule has 2 fully saturated rings. The Labute approximate surface area is 147 Å². The first-order valence-electron chi connectivity index (χ1n) is 9.26. The SMILES string of the molecule is O=C(c1cccc2cccnc12)[C@@H]1[C@@H]2CC[C@@H](C2)[C@H]1c1ccccc1. The van der Waals surface area contributed by atoms with Crippen molar-refractivity contribution < 1.29 is 4.79 Å². The first-order valence-corrected chi connectivity index (χ1v) is 9.26. The second-order valence-corrected chi connectivity index (χ2v) is 7.54. The summed E-state index contributed by atoms with van der Waals surface area (Å²) in [7, 11) is 0. The Morgan fingerprint density at radius 3 is 2.56 bits per heavy atom. The van der Waals surface area contributed by atoms with Gasteiger partial charge in [0.25, 0.3) is 0 Å². The fraction of sp³-hybridized carbons (Fsp3) is 0.304. The molecule has 1 heterocycles. The fourth-order valence-corrected chi connectivity index (χ4v) is 5.31. The number of ketones is 1. The quantitative estimate of drug-likeness (QED) is 0.615. The number of nitrogens with zero attached hydrogens (tertiary/aromatic N) is 1. The Hall–Kier alpha value is -2.48. The second-order valence-electron chi connectivity index (χ2n) is 7.54. The van der Waals surface area contributed by atoms with Crippen molar-refractivity contribution in [3.05, 3.63) is 78.0 Å². The molecule has 0 aliphatic heterocycles. The zero-order valence-electron chi connectivity index (χ0n) is 14.1. The molecule has 0 spiro atoms. The molecule has 2 nitrogen and oxygen atoms in total. The van der Waals surface area contributed by atoms with E-state index >= 15 is 0 Å². The maximum absolute atomic E-state index is 13.6. The van der Waals surface area contributed by atoms with E-state index in [1.165, 1.54) is 24.8 Å². The third-order valence-corrected chi connectivity index (χ3v) is 6.30. The molecule has 3 aromatic rings. The summed E-state index contributed by atoms with van der Waals surface area (Å²) in [5.74, 6) is 1.96.